The van der Waals surface area contributed by atoms with Gasteiger partial charge in [0.25, 0.3) is 0 Å². The Labute approximate surface area is 145 Å². The number of benzene rings is 2. The number of hydrogen-bond donors (Lipinski definition) is 1. The van der Waals surface area contributed by atoms with E-state index >= 15 is 0 Å². The fourth-order valence-corrected chi connectivity index (χ4v) is 3.64. The number of rotatable bonds is 2. The van der Waals surface area contributed by atoms with Crippen molar-refractivity contribution in [1.29, 1.82) is 0 Å². The van der Waals surface area contributed by atoms with Crippen LogP contribution in [0.3, 0.4) is 0 Å². The van der Waals surface area contributed by atoms with Crippen molar-refractivity contribution in [1.82, 2.24) is 4.98 Å². The molecule has 0 radical (unpaired) electrons. The van der Waals surface area contributed by atoms with Gasteiger partial charge in [-0.25, -0.2) is 4.98 Å². The van der Waals surface area contributed by atoms with E-state index < -0.39 is 0 Å². The van der Waals surface area contributed by atoms with Crippen LogP contribution < -0.4 is 4.90 Å². The Kier molecular flexibility index (Phi) is 4.10. The Morgan fingerprint density at radius 3 is 2.45 bits per heavy atom. The molecule has 1 N–H and O–H groups in total. The van der Waals surface area contributed by atoms with E-state index in [1.165, 1.54) is 0 Å². The van der Waals surface area contributed by atoms with E-state index in [2.05, 4.69) is 36.8 Å². The summed E-state index contributed by atoms with van der Waals surface area (Å²) < 4.78 is 1.63. The maximum absolute atomic E-state index is 10.5. The second-order valence-electron chi connectivity index (χ2n) is 5.20. The lowest BCUT2D eigenvalue weighted by molar-refractivity contribution is 0.473. The predicted octanol–water partition coefficient (Wildman–Crippen LogP) is 5.20. The quantitative estimate of drug-likeness (QED) is 0.617. The highest BCUT2D eigenvalue weighted by molar-refractivity contribution is 9.11. The summed E-state index contributed by atoms with van der Waals surface area (Å²) >= 11 is 7.05. The Bertz CT molecular complexity index is 863. The van der Waals surface area contributed by atoms with Crippen LogP contribution in [-0.4, -0.2) is 24.2 Å². The first-order chi connectivity index (χ1) is 10.5. The minimum absolute atomic E-state index is 0.156. The summed E-state index contributed by atoms with van der Waals surface area (Å²) in [7, 11) is 3.98. The van der Waals surface area contributed by atoms with Crippen LogP contribution in [0.5, 0.6) is 5.75 Å². The third-order valence-corrected chi connectivity index (χ3v) is 4.95. The molecule has 2 aromatic carbocycles. The topological polar surface area (TPSA) is 36.4 Å². The van der Waals surface area contributed by atoms with E-state index in [1.807, 2.05) is 61.5 Å². The van der Waals surface area contributed by atoms with Crippen LogP contribution in [0.4, 0.5) is 5.69 Å². The van der Waals surface area contributed by atoms with E-state index in [4.69, 9.17) is 0 Å². The summed E-state index contributed by atoms with van der Waals surface area (Å²) in [5.41, 5.74) is 3.34. The van der Waals surface area contributed by atoms with Crippen molar-refractivity contribution >= 4 is 48.5 Å². The molecule has 0 bridgehead atoms. The van der Waals surface area contributed by atoms with Crippen molar-refractivity contribution in [2.45, 2.75) is 0 Å². The van der Waals surface area contributed by atoms with Gasteiger partial charge in [0.15, 0.2) is 5.75 Å². The molecule has 0 aliphatic carbocycles. The average Bonchev–Trinajstić information content (AvgIpc) is 2.50. The highest BCUT2D eigenvalue weighted by Crippen LogP contribution is 2.40. The number of aromatic nitrogens is 1. The van der Waals surface area contributed by atoms with Crippen LogP contribution in [-0.2, 0) is 0 Å². The zero-order valence-electron chi connectivity index (χ0n) is 12.1. The average molecular weight is 422 g/mol. The maximum Gasteiger partial charge on any atom is 0.156 e. The Balaban J connectivity index is 2.22. The number of pyridine rings is 1. The molecule has 22 heavy (non-hydrogen) atoms. The lowest BCUT2D eigenvalue weighted by atomic mass is 10.1. The zero-order chi connectivity index (χ0) is 15.9. The molecule has 0 saturated heterocycles. The molecular weight excluding hydrogens is 408 g/mol. The summed E-state index contributed by atoms with van der Waals surface area (Å²) in [6.45, 7) is 0. The normalized spacial score (nSPS) is 10.9. The van der Waals surface area contributed by atoms with Gasteiger partial charge in [-0.15, -0.1) is 0 Å². The van der Waals surface area contributed by atoms with Crippen LogP contribution in [0.1, 0.15) is 0 Å². The van der Waals surface area contributed by atoms with Gasteiger partial charge in [0.05, 0.1) is 15.7 Å². The molecule has 0 fully saturated rings. The number of aromatic hydroxyl groups is 1. The summed E-state index contributed by atoms with van der Waals surface area (Å²) in [4.78, 5) is 6.63. The summed E-state index contributed by atoms with van der Waals surface area (Å²) in [5.74, 6) is 0.156. The molecule has 3 nitrogen and oxygen atoms in total. The molecule has 3 rings (SSSR count). The first kappa shape index (κ1) is 15.3. The Hall–Kier alpha value is -1.59. The summed E-state index contributed by atoms with van der Waals surface area (Å²) in [6.07, 6.45) is 0. The first-order valence-corrected chi connectivity index (χ1v) is 8.32. The molecule has 112 valence electrons. The van der Waals surface area contributed by atoms with Crippen LogP contribution >= 0.6 is 31.9 Å². The molecule has 0 aliphatic heterocycles. The van der Waals surface area contributed by atoms with Crippen molar-refractivity contribution in [3.8, 4) is 17.0 Å². The number of nitrogens with zero attached hydrogens (tertiary/aromatic N) is 2. The van der Waals surface area contributed by atoms with E-state index in [0.717, 1.165) is 26.6 Å². The molecule has 5 heteroatoms. The van der Waals surface area contributed by atoms with Gasteiger partial charge in [0, 0.05) is 29.5 Å². The third-order valence-electron chi connectivity index (χ3n) is 3.51. The minimum Gasteiger partial charge on any atom is -0.505 e. The number of halogens is 2. The third kappa shape index (κ3) is 2.59. The van der Waals surface area contributed by atoms with E-state index in [0.29, 0.717) is 10.2 Å². The lowest BCUT2D eigenvalue weighted by Crippen LogP contribution is -2.09. The molecule has 0 spiro atoms. The van der Waals surface area contributed by atoms with Crippen LogP contribution in [0.15, 0.2) is 51.4 Å². The van der Waals surface area contributed by atoms with Crippen molar-refractivity contribution in [2.24, 2.45) is 0 Å². The van der Waals surface area contributed by atoms with Crippen LogP contribution in [0, 0.1) is 0 Å². The summed E-state index contributed by atoms with van der Waals surface area (Å²) in [5, 5.41) is 11.4. The Morgan fingerprint density at radius 1 is 1.05 bits per heavy atom. The first-order valence-electron chi connectivity index (χ1n) is 6.73. The molecule has 0 unspecified atom stereocenters. The monoisotopic (exact) mass is 420 g/mol. The van der Waals surface area contributed by atoms with Crippen molar-refractivity contribution in [3.05, 3.63) is 51.4 Å². The van der Waals surface area contributed by atoms with Gasteiger partial charge in [0.2, 0.25) is 0 Å². The fourth-order valence-electron chi connectivity index (χ4n) is 2.38. The second kappa shape index (κ2) is 5.89. The fraction of sp³-hybridized carbons (Fsp3) is 0.118. The van der Waals surface area contributed by atoms with Gasteiger partial charge < -0.3 is 10.0 Å². The van der Waals surface area contributed by atoms with Gasteiger partial charge in [-0.1, -0.05) is 24.3 Å². The van der Waals surface area contributed by atoms with Gasteiger partial charge in [-0.3, -0.25) is 0 Å². The number of anilines is 1. The van der Waals surface area contributed by atoms with E-state index in [1.54, 1.807) is 0 Å². The van der Waals surface area contributed by atoms with Gasteiger partial charge in [-0.05, 0) is 50.1 Å². The number of para-hydroxylation sites is 1. The smallest absolute Gasteiger partial charge is 0.156 e. The zero-order valence-corrected chi connectivity index (χ0v) is 15.3. The van der Waals surface area contributed by atoms with Gasteiger partial charge in [-0.2, -0.15) is 0 Å². The largest absolute Gasteiger partial charge is 0.505 e. The number of hydrogen-bond acceptors (Lipinski definition) is 3. The molecule has 0 saturated carbocycles. The SMILES string of the molecule is CN(C)c1ccc(-c2nc3ccccc3c(Br)c2O)cc1Br. The molecule has 0 amide bonds. The molecule has 3 aromatic rings. The molecule has 1 heterocycles. The molecule has 0 aliphatic rings. The standard InChI is InChI=1S/C17H14Br2N2O/c1-21(2)14-8-7-10(9-12(14)18)16-17(22)15(19)11-5-3-4-6-13(11)20-16/h3-9,22H,1-2H3. The second-order valence-corrected chi connectivity index (χ2v) is 6.85. The Morgan fingerprint density at radius 2 is 1.77 bits per heavy atom. The highest BCUT2D eigenvalue weighted by Gasteiger charge is 2.15. The van der Waals surface area contributed by atoms with E-state index in [-0.39, 0.29) is 5.75 Å². The number of fused-ring (bicyclic) bond motifs is 1. The molecular formula is C17H14Br2N2O. The van der Waals surface area contributed by atoms with Crippen LogP contribution in [0.25, 0.3) is 22.2 Å². The van der Waals surface area contributed by atoms with Crippen LogP contribution in [0.2, 0.25) is 0 Å². The van der Waals surface area contributed by atoms with Crippen molar-refractivity contribution in [2.75, 3.05) is 19.0 Å². The van der Waals surface area contributed by atoms with Crippen molar-refractivity contribution in [3.63, 3.8) is 0 Å². The van der Waals surface area contributed by atoms with Crippen molar-refractivity contribution < 1.29 is 5.11 Å². The van der Waals surface area contributed by atoms with Gasteiger partial charge >= 0.3 is 0 Å². The van der Waals surface area contributed by atoms with E-state index in [9.17, 15) is 5.11 Å². The summed E-state index contributed by atoms with van der Waals surface area (Å²) in [6, 6.07) is 13.7. The maximum atomic E-state index is 10.5. The lowest BCUT2D eigenvalue weighted by Gasteiger charge is -2.16. The van der Waals surface area contributed by atoms with Gasteiger partial charge in [0.1, 0.15) is 5.69 Å². The predicted molar refractivity (Wildman–Crippen MR) is 98.6 cm³/mol. The highest BCUT2D eigenvalue weighted by atomic mass is 79.9. The molecule has 0 atom stereocenters. The minimum atomic E-state index is 0.156. The molecule has 1 aromatic heterocycles.